The van der Waals surface area contributed by atoms with E-state index in [0.29, 0.717) is 5.57 Å². The van der Waals surface area contributed by atoms with Gasteiger partial charge in [-0.15, -0.1) is 0 Å². The van der Waals surface area contributed by atoms with Crippen molar-refractivity contribution in [2.75, 3.05) is 0 Å². The van der Waals surface area contributed by atoms with Gasteiger partial charge in [-0.25, -0.2) is 4.79 Å². The van der Waals surface area contributed by atoms with Gasteiger partial charge in [0.15, 0.2) is 11.4 Å². The molecule has 0 fully saturated rings. The molecule has 5 nitrogen and oxygen atoms in total. The summed E-state index contributed by atoms with van der Waals surface area (Å²) in [6, 6.07) is 4.48. The van der Waals surface area contributed by atoms with E-state index >= 15 is 0 Å². The number of Topliss-reactive ketones (excluding diaryl/α,β-unsaturated/α-hetero) is 1. The van der Waals surface area contributed by atoms with Crippen LogP contribution in [0.25, 0.3) is 0 Å². The van der Waals surface area contributed by atoms with Gasteiger partial charge in [-0.1, -0.05) is 12.1 Å². The SMILES string of the molecule is CC1=CC2(CC(=O)c3c(O)cccc3[C@@H]2O)OC1=O. The number of phenolic OH excluding ortho intramolecular Hbond substituents is 1. The molecule has 3 rings (SSSR count). The van der Waals surface area contributed by atoms with E-state index in [1.807, 2.05) is 0 Å². The molecular weight excluding hydrogens is 248 g/mol. The number of carbonyl (C=O) groups excluding carboxylic acids is 2. The fraction of sp³-hybridized carbons (Fsp3) is 0.286. The molecule has 0 bridgehead atoms. The fourth-order valence-electron chi connectivity index (χ4n) is 2.72. The van der Waals surface area contributed by atoms with E-state index in [1.165, 1.54) is 18.2 Å². The molecule has 98 valence electrons. The molecule has 1 aromatic carbocycles. The van der Waals surface area contributed by atoms with Crippen molar-refractivity contribution in [1.29, 1.82) is 0 Å². The number of ketones is 1. The van der Waals surface area contributed by atoms with Crippen LogP contribution >= 0.6 is 0 Å². The van der Waals surface area contributed by atoms with E-state index in [4.69, 9.17) is 4.74 Å². The van der Waals surface area contributed by atoms with Crippen LogP contribution in [0.4, 0.5) is 0 Å². The number of rotatable bonds is 0. The van der Waals surface area contributed by atoms with Crippen molar-refractivity contribution in [3.63, 3.8) is 0 Å². The Labute approximate surface area is 109 Å². The van der Waals surface area contributed by atoms with Crippen LogP contribution in [0.3, 0.4) is 0 Å². The van der Waals surface area contributed by atoms with Crippen LogP contribution in [0.2, 0.25) is 0 Å². The van der Waals surface area contributed by atoms with Crippen molar-refractivity contribution in [1.82, 2.24) is 0 Å². The summed E-state index contributed by atoms with van der Waals surface area (Å²) >= 11 is 0. The molecule has 5 heteroatoms. The molecule has 0 amide bonds. The van der Waals surface area contributed by atoms with Gasteiger partial charge in [-0.05, 0) is 24.6 Å². The molecular formula is C14H12O5. The third-order valence-corrected chi connectivity index (χ3v) is 3.61. The molecule has 0 saturated heterocycles. The zero-order valence-electron chi connectivity index (χ0n) is 10.2. The fourth-order valence-corrected chi connectivity index (χ4v) is 2.72. The summed E-state index contributed by atoms with van der Waals surface area (Å²) in [6.45, 7) is 1.58. The standard InChI is InChI=1S/C14H12O5/c1-7-5-14(19-13(7)18)6-10(16)11-8(12(14)17)3-2-4-9(11)15/h2-5,12,15,17H,6H2,1H3/t12-,14?/m0/s1. The molecule has 2 N–H and O–H groups in total. The molecule has 1 heterocycles. The number of benzene rings is 1. The second-order valence-corrected chi connectivity index (χ2v) is 4.92. The second-order valence-electron chi connectivity index (χ2n) is 4.92. The number of carbonyl (C=O) groups is 2. The first kappa shape index (κ1) is 11.9. The van der Waals surface area contributed by atoms with E-state index < -0.39 is 17.7 Å². The smallest absolute Gasteiger partial charge is 0.334 e. The molecule has 1 spiro atoms. The average molecular weight is 260 g/mol. The highest BCUT2D eigenvalue weighted by atomic mass is 16.6. The van der Waals surface area contributed by atoms with Crippen LogP contribution in [0, 0.1) is 0 Å². The van der Waals surface area contributed by atoms with E-state index in [9.17, 15) is 19.8 Å². The topological polar surface area (TPSA) is 83.8 Å². The van der Waals surface area contributed by atoms with Crippen LogP contribution in [-0.4, -0.2) is 27.6 Å². The van der Waals surface area contributed by atoms with Gasteiger partial charge in [-0.3, -0.25) is 4.79 Å². The summed E-state index contributed by atoms with van der Waals surface area (Å²) in [5.41, 5.74) is -0.570. The van der Waals surface area contributed by atoms with E-state index in [0.717, 1.165) is 0 Å². The summed E-state index contributed by atoms with van der Waals surface area (Å²) < 4.78 is 5.20. The van der Waals surface area contributed by atoms with Crippen molar-refractivity contribution in [2.24, 2.45) is 0 Å². The number of ether oxygens (including phenoxy) is 1. The number of aliphatic hydroxyl groups excluding tert-OH is 1. The number of hydrogen-bond donors (Lipinski definition) is 2. The minimum absolute atomic E-state index is 0.106. The van der Waals surface area contributed by atoms with Crippen LogP contribution in [0.5, 0.6) is 5.75 Å². The van der Waals surface area contributed by atoms with Crippen molar-refractivity contribution >= 4 is 11.8 Å². The average Bonchev–Trinajstić information content (AvgIpc) is 2.62. The van der Waals surface area contributed by atoms with Crippen molar-refractivity contribution in [3.8, 4) is 5.75 Å². The molecule has 19 heavy (non-hydrogen) atoms. The van der Waals surface area contributed by atoms with Gasteiger partial charge in [0.1, 0.15) is 11.9 Å². The van der Waals surface area contributed by atoms with E-state index in [2.05, 4.69) is 0 Å². The summed E-state index contributed by atoms with van der Waals surface area (Å²) in [7, 11) is 0. The molecule has 0 saturated carbocycles. The van der Waals surface area contributed by atoms with Gasteiger partial charge in [0.05, 0.1) is 12.0 Å². The van der Waals surface area contributed by atoms with Crippen LogP contribution in [0.15, 0.2) is 29.8 Å². The van der Waals surface area contributed by atoms with Crippen LogP contribution in [-0.2, 0) is 9.53 Å². The maximum atomic E-state index is 12.1. The number of hydrogen-bond acceptors (Lipinski definition) is 5. The summed E-state index contributed by atoms with van der Waals surface area (Å²) in [5, 5.41) is 20.1. The van der Waals surface area contributed by atoms with Gasteiger partial charge in [-0.2, -0.15) is 0 Å². The minimum Gasteiger partial charge on any atom is -0.507 e. The molecule has 1 aliphatic carbocycles. The van der Waals surface area contributed by atoms with Gasteiger partial charge in [0.2, 0.25) is 0 Å². The number of aliphatic hydroxyl groups is 1. The highest BCUT2D eigenvalue weighted by Gasteiger charge is 2.51. The highest BCUT2D eigenvalue weighted by molar-refractivity contribution is 6.03. The molecule has 0 radical (unpaired) electrons. The Morgan fingerprint density at radius 2 is 2.11 bits per heavy atom. The summed E-state index contributed by atoms with van der Waals surface area (Å²) in [4.78, 5) is 23.7. The lowest BCUT2D eigenvalue weighted by molar-refractivity contribution is -0.156. The van der Waals surface area contributed by atoms with Crippen LogP contribution in [0.1, 0.15) is 35.4 Å². The van der Waals surface area contributed by atoms with Crippen molar-refractivity contribution < 1.29 is 24.5 Å². The lowest BCUT2D eigenvalue weighted by atomic mass is 9.77. The van der Waals surface area contributed by atoms with Crippen LogP contribution < -0.4 is 0 Å². The monoisotopic (exact) mass is 260 g/mol. The zero-order chi connectivity index (χ0) is 13.8. The lowest BCUT2D eigenvalue weighted by Crippen LogP contribution is -2.42. The maximum absolute atomic E-state index is 12.1. The first-order valence-electron chi connectivity index (χ1n) is 5.90. The van der Waals surface area contributed by atoms with Crippen molar-refractivity contribution in [3.05, 3.63) is 41.0 Å². The molecule has 1 aromatic rings. The maximum Gasteiger partial charge on any atom is 0.334 e. The Balaban J connectivity index is 2.17. The van der Waals surface area contributed by atoms with E-state index in [-0.39, 0.29) is 29.1 Å². The third kappa shape index (κ3) is 1.51. The highest BCUT2D eigenvalue weighted by Crippen LogP contribution is 2.46. The molecule has 1 aliphatic heterocycles. The third-order valence-electron chi connectivity index (χ3n) is 3.61. The minimum atomic E-state index is -1.33. The number of fused-ring (bicyclic) bond motifs is 1. The first-order chi connectivity index (χ1) is 8.94. The zero-order valence-corrected chi connectivity index (χ0v) is 10.2. The van der Waals surface area contributed by atoms with Gasteiger partial charge < -0.3 is 14.9 Å². The molecule has 2 aliphatic rings. The van der Waals surface area contributed by atoms with Gasteiger partial charge in [0, 0.05) is 5.57 Å². The molecule has 2 atom stereocenters. The Hall–Kier alpha value is -2.14. The largest absolute Gasteiger partial charge is 0.507 e. The Morgan fingerprint density at radius 3 is 2.74 bits per heavy atom. The first-order valence-corrected chi connectivity index (χ1v) is 5.90. The molecule has 1 unspecified atom stereocenters. The predicted octanol–water partition coefficient (Wildman–Crippen LogP) is 1.25. The normalized spacial score (nSPS) is 29.2. The van der Waals surface area contributed by atoms with Crippen molar-refractivity contribution in [2.45, 2.75) is 25.0 Å². The van der Waals surface area contributed by atoms with E-state index in [1.54, 1.807) is 13.0 Å². The Kier molecular flexibility index (Phi) is 2.31. The van der Waals surface area contributed by atoms with Gasteiger partial charge >= 0.3 is 5.97 Å². The molecule has 0 aromatic heterocycles. The predicted molar refractivity (Wildman–Crippen MR) is 64.6 cm³/mol. The second kappa shape index (κ2) is 3.68. The summed E-state index contributed by atoms with van der Waals surface area (Å²) in [6.07, 6.45) is 0.167. The Morgan fingerprint density at radius 1 is 1.37 bits per heavy atom. The van der Waals surface area contributed by atoms with Gasteiger partial charge in [0.25, 0.3) is 0 Å². The quantitative estimate of drug-likeness (QED) is 0.686. The number of phenols is 1. The number of esters is 1. The Bertz CT molecular complexity index is 631. The summed E-state index contributed by atoms with van der Waals surface area (Å²) in [5.74, 6) is -1.05. The lowest BCUT2D eigenvalue weighted by Gasteiger charge is -2.36. The number of aromatic hydroxyl groups is 1.